The molecule has 0 N–H and O–H groups in total. The molecule has 76 valence electrons. The van der Waals surface area contributed by atoms with Crippen LogP contribution in [0.15, 0.2) is 0 Å². The number of hydrogen-bond donors (Lipinski definition) is 0. The number of hydrogen-bond acceptors (Lipinski definition) is 8. The molecule has 0 unspecified atom stereocenters. The Bertz CT molecular complexity index is 607. The molecule has 0 atom stereocenters. The van der Waals surface area contributed by atoms with Crippen LogP contribution < -0.4 is 29.6 Å². The van der Waals surface area contributed by atoms with Gasteiger partial charge in [-0.1, -0.05) is 0 Å². The van der Waals surface area contributed by atoms with Crippen LogP contribution >= 0.6 is 0 Å². The van der Waals surface area contributed by atoms with Gasteiger partial charge in [-0.05, 0) is 0 Å². The molecule has 0 rings (SSSR count). The fourth-order valence-corrected chi connectivity index (χ4v) is 1.37. The Labute approximate surface area is 109 Å². The van der Waals surface area contributed by atoms with Gasteiger partial charge >= 0.3 is 110 Å². The van der Waals surface area contributed by atoms with Crippen LogP contribution in [0.5, 0.6) is 0 Å². The average molecular weight is 270 g/mol. The maximum absolute atomic E-state index is 12.2. The first-order chi connectivity index (χ1) is 6.72. The molecule has 0 saturated carbocycles. The van der Waals surface area contributed by atoms with Crippen molar-refractivity contribution in [2.45, 2.75) is 0 Å². The van der Waals surface area contributed by atoms with E-state index in [2.05, 4.69) is 3.85 Å². The molecule has 0 aromatic carbocycles. The van der Waals surface area contributed by atoms with Crippen molar-refractivity contribution in [3.8, 4) is 31.3 Å². The van der Waals surface area contributed by atoms with Crippen LogP contribution in [0.1, 0.15) is 0 Å². The van der Waals surface area contributed by atoms with Crippen molar-refractivity contribution in [2.24, 2.45) is 0 Å². The first-order valence-electron chi connectivity index (χ1n) is 2.65. The quantitative estimate of drug-likeness (QED) is 0.356. The number of rotatable bonds is 1. The van der Waals surface area contributed by atoms with Gasteiger partial charge in [0.1, 0.15) is 0 Å². The molecule has 0 aromatic rings. The summed E-state index contributed by atoms with van der Waals surface area (Å²) in [5, 5.41) is 53.7. The van der Waals surface area contributed by atoms with Gasteiger partial charge in [0.2, 0.25) is 0 Å². The van der Waals surface area contributed by atoms with E-state index in [-0.39, 0.29) is 29.6 Å². The van der Waals surface area contributed by atoms with Gasteiger partial charge in [-0.15, -0.1) is 0 Å². The maximum Gasteiger partial charge on any atom is 1.00 e. The molecule has 16 heavy (non-hydrogen) atoms. The van der Waals surface area contributed by atoms with Crippen molar-refractivity contribution < 1.29 is 47.0 Å². The van der Waals surface area contributed by atoms with E-state index in [4.69, 9.17) is 31.6 Å². The summed E-state index contributed by atoms with van der Waals surface area (Å²) >= 11 is 0. The third-order valence-corrected chi connectivity index (χ3v) is 5.27. The van der Waals surface area contributed by atoms with Crippen molar-refractivity contribution in [3.05, 3.63) is 0 Å². The molecule has 0 amide bonds. The van der Waals surface area contributed by atoms with Gasteiger partial charge in [-0.3, -0.25) is 0 Å². The summed E-state index contributed by atoms with van der Waals surface area (Å²) < 4.78 is 15.8. The zero-order valence-electron chi connectivity index (χ0n) is 7.83. The van der Waals surface area contributed by atoms with Gasteiger partial charge in [0.05, 0.1) is 0 Å². The largest absolute Gasteiger partial charge is 1.00 e. The smallest absolute Gasteiger partial charge is 1.00 e. The molecule has 0 fully saturated rings. The van der Waals surface area contributed by atoms with E-state index in [9.17, 15) is 3.87 Å². The second-order valence-corrected chi connectivity index (χ2v) is 8.38. The minimum atomic E-state index is -8.12. The molecule has 0 aliphatic rings. The van der Waals surface area contributed by atoms with Crippen molar-refractivity contribution in [1.29, 1.82) is 31.6 Å². The number of nitrogens with zero attached hydrogens (tertiary/aromatic N) is 6. The third-order valence-electron chi connectivity index (χ3n) is 1.28. The van der Waals surface area contributed by atoms with Gasteiger partial charge in [0.15, 0.2) is 0 Å². The predicted molar refractivity (Wildman–Crippen MR) is 35.4 cm³/mol. The van der Waals surface area contributed by atoms with E-state index in [1.54, 1.807) is 0 Å². The molecule has 8 nitrogen and oxygen atoms in total. The Hall–Kier alpha value is -1.95. The second-order valence-electron chi connectivity index (χ2n) is 2.10. The van der Waals surface area contributed by atoms with Crippen LogP contribution in [0, 0.1) is 62.8 Å². The van der Waals surface area contributed by atoms with Gasteiger partial charge < -0.3 is 0 Å². The zero-order valence-corrected chi connectivity index (χ0v) is 10.9. The first kappa shape index (κ1) is 16.5. The Balaban J connectivity index is 0. The second kappa shape index (κ2) is 2.79. The van der Waals surface area contributed by atoms with Crippen LogP contribution in [0.25, 0.3) is 0 Å². The molecule has 0 aliphatic heterocycles. The van der Waals surface area contributed by atoms with Crippen LogP contribution in [-0.2, 0) is 17.5 Å². The average Bonchev–Trinajstić information content (AvgIpc) is 2.32. The Morgan fingerprint density at radius 1 is 0.750 bits per heavy atom. The third kappa shape index (κ3) is 1.20. The van der Waals surface area contributed by atoms with Gasteiger partial charge in [-0.25, -0.2) is 0 Å². The summed E-state index contributed by atoms with van der Waals surface area (Å²) in [5.74, 6) is 0. The number of nitriles is 6. The van der Waals surface area contributed by atoms with E-state index < -0.39 is 9.75 Å². The van der Waals surface area contributed by atoms with Crippen LogP contribution in [0.3, 0.4) is 0 Å². The predicted octanol–water partition coefficient (Wildman–Crippen LogP) is -3.09. The van der Waals surface area contributed by atoms with E-state index in [1.807, 2.05) is 0 Å². The molecule has 0 radical (unpaired) electrons. The van der Waals surface area contributed by atoms with Gasteiger partial charge in [0.25, 0.3) is 0 Å². The molecular weight excluding hydrogens is 270 g/mol. The Kier molecular flexibility index (Phi) is 2.87. The standard InChI is InChI=1S/CHNO.5CN.Co.Na.O/c2-1-3;5*1-2;;;/h3H;;;;;;;;/q;;;;;;;+1;/p-1. The Morgan fingerprint density at radius 3 is 1.06 bits per heavy atom. The first-order valence-corrected chi connectivity index (χ1v) is 6.10. The summed E-state index contributed by atoms with van der Waals surface area (Å²) in [4.78, 5) is 0. The van der Waals surface area contributed by atoms with Gasteiger partial charge in [-0.2, -0.15) is 0 Å². The summed E-state index contributed by atoms with van der Waals surface area (Å²) in [6, 6.07) is 0. The summed E-state index contributed by atoms with van der Waals surface area (Å²) in [5.41, 5.74) is 0. The molecule has 0 aliphatic carbocycles. The van der Waals surface area contributed by atoms with E-state index >= 15 is 0 Å². The van der Waals surface area contributed by atoms with E-state index in [0.29, 0.717) is 31.3 Å². The fraction of sp³-hybridized carbons (Fsp3) is 0. The summed E-state index contributed by atoms with van der Waals surface area (Å²) in [6.07, 6.45) is 0.620. The minimum Gasteiger partial charge on any atom is 1.00 e. The molecule has 10 heteroatoms. The van der Waals surface area contributed by atoms with Crippen molar-refractivity contribution >= 4 is 0 Å². The monoisotopic (exact) mass is 270 g/mol. The Morgan fingerprint density at radius 2 is 1.00 bits per heavy atom. The maximum atomic E-state index is 12.2. The zero-order chi connectivity index (χ0) is 12.3. The topological polar surface area (TPSA) is 169 Å². The fourth-order valence-electron chi connectivity index (χ4n) is 0.331. The molecule has 0 heterocycles. The SMILES string of the molecule is N#C[O][Co-](=[O])([C]#N)([C]#N)([C]#N)([C]#N)[C]#N.[Na+]. The van der Waals surface area contributed by atoms with Gasteiger partial charge in [0, 0.05) is 0 Å². The van der Waals surface area contributed by atoms with Crippen molar-refractivity contribution in [1.82, 2.24) is 0 Å². The van der Waals surface area contributed by atoms with Crippen molar-refractivity contribution in [3.63, 3.8) is 0 Å². The van der Waals surface area contributed by atoms with Crippen LogP contribution in [-0.4, -0.2) is 0 Å². The summed E-state index contributed by atoms with van der Waals surface area (Å²) in [6.45, 7) is 0. The minimum absolute atomic E-state index is 0. The molecule has 0 bridgehead atoms. The molecule has 0 saturated heterocycles. The summed E-state index contributed by atoms with van der Waals surface area (Å²) in [7, 11) is -8.12. The van der Waals surface area contributed by atoms with Crippen molar-refractivity contribution in [2.75, 3.05) is 0 Å². The van der Waals surface area contributed by atoms with Crippen LogP contribution in [0.4, 0.5) is 0 Å². The van der Waals surface area contributed by atoms with E-state index in [0.717, 1.165) is 0 Å². The normalized spacial score (nSPS) is 14.8. The molecule has 0 aromatic heterocycles. The molecule has 0 spiro atoms. The van der Waals surface area contributed by atoms with Crippen LogP contribution in [0.2, 0.25) is 0 Å². The van der Waals surface area contributed by atoms with E-state index in [1.165, 1.54) is 0 Å². The molecular formula is C6CoN6NaO2.